The van der Waals surface area contributed by atoms with Gasteiger partial charge in [0, 0.05) is 18.7 Å². The van der Waals surface area contributed by atoms with E-state index in [2.05, 4.69) is 15.5 Å². The van der Waals surface area contributed by atoms with Crippen LogP contribution in [-0.4, -0.2) is 34.4 Å². The summed E-state index contributed by atoms with van der Waals surface area (Å²) >= 11 is 0. The van der Waals surface area contributed by atoms with Crippen LogP contribution in [0.3, 0.4) is 0 Å². The highest BCUT2D eigenvalue weighted by atomic mass is 19.1. The van der Waals surface area contributed by atoms with Crippen LogP contribution in [0.5, 0.6) is 0 Å². The number of aromatic nitrogens is 2. The summed E-state index contributed by atoms with van der Waals surface area (Å²) in [4.78, 5) is 12.3. The first-order chi connectivity index (χ1) is 10.9. The third kappa shape index (κ3) is 4.39. The molecular weight excluding hydrogens is 297 g/mol. The Labute approximate surface area is 134 Å². The van der Waals surface area contributed by atoms with Crippen molar-refractivity contribution in [3.05, 3.63) is 41.8 Å². The van der Waals surface area contributed by atoms with E-state index < -0.39 is 5.82 Å². The standard InChI is InChI=1S/C17H22FN3O2/c1-17(2,11-22)8-5-9-19-16(23)13-10-20-21-15(13)12-6-3-4-7-14(12)18/h3-4,6-7,10,22H,5,8-9,11H2,1-2H3,(H,19,23)(H,20,21). The van der Waals surface area contributed by atoms with E-state index in [-0.39, 0.29) is 17.9 Å². The third-order valence-corrected chi connectivity index (χ3v) is 3.77. The molecule has 23 heavy (non-hydrogen) atoms. The first-order valence-corrected chi connectivity index (χ1v) is 7.62. The van der Waals surface area contributed by atoms with Crippen molar-refractivity contribution in [2.75, 3.05) is 13.2 Å². The van der Waals surface area contributed by atoms with Gasteiger partial charge >= 0.3 is 0 Å². The maximum absolute atomic E-state index is 13.9. The van der Waals surface area contributed by atoms with Crippen molar-refractivity contribution in [2.24, 2.45) is 5.41 Å². The van der Waals surface area contributed by atoms with Gasteiger partial charge in [-0.05, 0) is 30.4 Å². The summed E-state index contributed by atoms with van der Waals surface area (Å²) in [5.74, 6) is -0.700. The first kappa shape index (κ1) is 17.1. The second-order valence-corrected chi connectivity index (χ2v) is 6.32. The molecule has 0 bridgehead atoms. The number of benzene rings is 1. The predicted octanol–water partition coefficient (Wildman–Crippen LogP) is 2.74. The van der Waals surface area contributed by atoms with Crippen LogP contribution in [0.4, 0.5) is 4.39 Å². The number of aliphatic hydroxyl groups is 1. The number of rotatable bonds is 7. The number of amides is 1. The van der Waals surface area contributed by atoms with Crippen LogP contribution in [-0.2, 0) is 0 Å². The number of halogens is 1. The van der Waals surface area contributed by atoms with Crippen LogP contribution in [0.1, 0.15) is 37.0 Å². The number of aromatic amines is 1. The van der Waals surface area contributed by atoms with Crippen molar-refractivity contribution in [1.29, 1.82) is 0 Å². The molecular formula is C17H22FN3O2. The lowest BCUT2D eigenvalue weighted by Crippen LogP contribution is -2.26. The minimum absolute atomic E-state index is 0.111. The Hall–Kier alpha value is -2.21. The monoisotopic (exact) mass is 319 g/mol. The summed E-state index contributed by atoms with van der Waals surface area (Å²) < 4.78 is 13.9. The molecule has 0 radical (unpaired) electrons. The van der Waals surface area contributed by atoms with Gasteiger partial charge in [0.15, 0.2) is 0 Å². The molecule has 0 aliphatic carbocycles. The lowest BCUT2D eigenvalue weighted by molar-refractivity contribution is 0.0949. The van der Waals surface area contributed by atoms with E-state index in [9.17, 15) is 14.3 Å². The summed E-state index contributed by atoms with van der Waals surface area (Å²) in [5.41, 5.74) is 0.850. The van der Waals surface area contributed by atoms with E-state index in [0.29, 0.717) is 23.4 Å². The fourth-order valence-corrected chi connectivity index (χ4v) is 2.27. The minimum atomic E-state index is -0.407. The molecule has 1 aromatic heterocycles. The molecule has 0 saturated heterocycles. The van der Waals surface area contributed by atoms with E-state index in [1.165, 1.54) is 12.3 Å². The minimum Gasteiger partial charge on any atom is -0.396 e. The van der Waals surface area contributed by atoms with Gasteiger partial charge in [-0.2, -0.15) is 5.10 Å². The van der Waals surface area contributed by atoms with Crippen molar-refractivity contribution >= 4 is 5.91 Å². The summed E-state index contributed by atoms with van der Waals surface area (Å²) in [5, 5.41) is 18.6. The van der Waals surface area contributed by atoms with E-state index in [4.69, 9.17) is 0 Å². The third-order valence-electron chi connectivity index (χ3n) is 3.77. The highest BCUT2D eigenvalue weighted by molar-refractivity contribution is 5.99. The van der Waals surface area contributed by atoms with E-state index in [1.807, 2.05) is 13.8 Å². The van der Waals surface area contributed by atoms with Gasteiger partial charge in [-0.15, -0.1) is 0 Å². The highest BCUT2D eigenvalue weighted by Crippen LogP contribution is 2.24. The number of hydrogen-bond donors (Lipinski definition) is 3. The molecule has 1 aromatic carbocycles. The predicted molar refractivity (Wildman–Crippen MR) is 86.4 cm³/mol. The lowest BCUT2D eigenvalue weighted by atomic mass is 9.89. The molecule has 0 spiro atoms. The first-order valence-electron chi connectivity index (χ1n) is 7.62. The molecule has 1 heterocycles. The van der Waals surface area contributed by atoms with E-state index in [1.54, 1.807) is 18.2 Å². The van der Waals surface area contributed by atoms with Gasteiger partial charge in [0.05, 0.1) is 17.5 Å². The Kier molecular flexibility index (Phi) is 5.50. The van der Waals surface area contributed by atoms with Gasteiger partial charge in [-0.25, -0.2) is 4.39 Å². The Balaban J connectivity index is 1.99. The number of hydrogen-bond acceptors (Lipinski definition) is 3. The molecule has 124 valence electrons. The molecule has 1 amide bonds. The van der Waals surface area contributed by atoms with Crippen LogP contribution in [0.15, 0.2) is 30.5 Å². The number of carbonyl (C=O) groups is 1. The van der Waals surface area contributed by atoms with Gasteiger partial charge in [-0.3, -0.25) is 9.89 Å². The lowest BCUT2D eigenvalue weighted by Gasteiger charge is -2.21. The van der Waals surface area contributed by atoms with Crippen LogP contribution < -0.4 is 5.32 Å². The average Bonchev–Trinajstić information content (AvgIpc) is 3.01. The van der Waals surface area contributed by atoms with Crippen molar-refractivity contribution in [3.63, 3.8) is 0 Å². The molecule has 2 aromatic rings. The van der Waals surface area contributed by atoms with Gasteiger partial charge < -0.3 is 10.4 Å². The Morgan fingerprint density at radius 3 is 2.83 bits per heavy atom. The second kappa shape index (κ2) is 7.37. The van der Waals surface area contributed by atoms with Crippen molar-refractivity contribution in [2.45, 2.75) is 26.7 Å². The molecule has 0 atom stereocenters. The van der Waals surface area contributed by atoms with Crippen LogP contribution in [0, 0.1) is 11.2 Å². The smallest absolute Gasteiger partial charge is 0.255 e. The van der Waals surface area contributed by atoms with Gasteiger partial charge in [0.1, 0.15) is 5.82 Å². The fourth-order valence-electron chi connectivity index (χ4n) is 2.27. The van der Waals surface area contributed by atoms with Crippen molar-refractivity contribution in [3.8, 4) is 11.3 Å². The topological polar surface area (TPSA) is 78.0 Å². The SMILES string of the molecule is CC(C)(CO)CCCNC(=O)c1cn[nH]c1-c1ccccc1F. The zero-order chi connectivity index (χ0) is 16.9. The fraction of sp³-hybridized carbons (Fsp3) is 0.412. The summed E-state index contributed by atoms with van der Waals surface area (Å²) in [6.45, 7) is 4.55. The van der Waals surface area contributed by atoms with Gasteiger partial charge in [-0.1, -0.05) is 26.0 Å². The molecule has 5 nitrogen and oxygen atoms in total. The zero-order valence-electron chi connectivity index (χ0n) is 13.4. The maximum atomic E-state index is 13.9. The van der Waals surface area contributed by atoms with E-state index >= 15 is 0 Å². The largest absolute Gasteiger partial charge is 0.396 e. The second-order valence-electron chi connectivity index (χ2n) is 6.32. The quantitative estimate of drug-likeness (QED) is 0.687. The van der Waals surface area contributed by atoms with Crippen LogP contribution in [0.25, 0.3) is 11.3 Å². The summed E-state index contributed by atoms with van der Waals surface area (Å²) in [6, 6.07) is 6.24. The molecule has 0 saturated carbocycles. The summed E-state index contributed by atoms with van der Waals surface area (Å²) in [7, 11) is 0. The van der Waals surface area contributed by atoms with Gasteiger partial charge in [0.25, 0.3) is 5.91 Å². The van der Waals surface area contributed by atoms with Gasteiger partial charge in [0.2, 0.25) is 0 Å². The van der Waals surface area contributed by atoms with Crippen LogP contribution >= 0.6 is 0 Å². The molecule has 0 aliphatic heterocycles. The van der Waals surface area contributed by atoms with Crippen molar-refractivity contribution < 1.29 is 14.3 Å². The molecule has 6 heteroatoms. The number of nitrogens with zero attached hydrogens (tertiary/aromatic N) is 1. The normalized spacial score (nSPS) is 11.5. The number of nitrogens with one attached hydrogen (secondary N) is 2. The maximum Gasteiger partial charge on any atom is 0.255 e. The van der Waals surface area contributed by atoms with Crippen molar-refractivity contribution in [1.82, 2.24) is 15.5 Å². The summed E-state index contributed by atoms with van der Waals surface area (Å²) in [6.07, 6.45) is 2.95. The molecule has 0 unspecified atom stereocenters. The number of aliphatic hydroxyl groups excluding tert-OH is 1. The van der Waals surface area contributed by atoms with Crippen LogP contribution in [0.2, 0.25) is 0 Å². The molecule has 0 fully saturated rings. The molecule has 0 aliphatic rings. The number of H-pyrrole nitrogens is 1. The number of carbonyl (C=O) groups excluding carboxylic acids is 1. The van der Waals surface area contributed by atoms with E-state index in [0.717, 1.165) is 12.8 Å². The zero-order valence-corrected chi connectivity index (χ0v) is 13.4. The Morgan fingerprint density at radius 2 is 2.13 bits per heavy atom. The molecule has 3 N–H and O–H groups in total. The Morgan fingerprint density at radius 1 is 1.39 bits per heavy atom. The highest BCUT2D eigenvalue weighted by Gasteiger charge is 2.18. The molecule has 2 rings (SSSR count). The Bertz CT molecular complexity index is 667. The average molecular weight is 319 g/mol.